The molecule has 1 rings (SSSR count). The molecular weight excluding hydrogens is 292 g/mol. The summed E-state index contributed by atoms with van der Waals surface area (Å²) < 4.78 is 10.6. The summed E-state index contributed by atoms with van der Waals surface area (Å²) >= 11 is 0. The van der Waals surface area contributed by atoms with E-state index in [4.69, 9.17) is 9.47 Å². The fourth-order valence-electron chi connectivity index (χ4n) is 1.87. The van der Waals surface area contributed by atoms with Crippen LogP contribution in [0.15, 0.2) is 12.1 Å². The van der Waals surface area contributed by atoms with Crippen molar-refractivity contribution in [3.8, 4) is 11.5 Å². The SMILES string of the molecule is CNC(=O)CCCOc1cc([N+](=O)[O-])c(C(C)O)cc1OC. The Balaban J connectivity index is 2.91. The molecule has 1 aromatic carbocycles. The number of nitro benzene ring substituents is 1. The molecule has 1 atom stereocenters. The molecule has 0 spiro atoms. The number of carbonyl (C=O) groups is 1. The lowest BCUT2D eigenvalue weighted by Crippen LogP contribution is -2.18. The lowest BCUT2D eigenvalue weighted by Gasteiger charge is -2.13. The summed E-state index contributed by atoms with van der Waals surface area (Å²) in [6.45, 7) is 1.65. The van der Waals surface area contributed by atoms with Gasteiger partial charge >= 0.3 is 0 Å². The topological polar surface area (TPSA) is 111 Å². The number of amides is 1. The van der Waals surface area contributed by atoms with Crippen molar-refractivity contribution in [2.75, 3.05) is 20.8 Å². The van der Waals surface area contributed by atoms with E-state index in [9.17, 15) is 20.0 Å². The van der Waals surface area contributed by atoms with Gasteiger partial charge in [0.25, 0.3) is 5.69 Å². The molecule has 1 amide bonds. The molecule has 1 unspecified atom stereocenters. The molecule has 2 N–H and O–H groups in total. The van der Waals surface area contributed by atoms with Gasteiger partial charge in [0.15, 0.2) is 11.5 Å². The third-order valence-corrected chi connectivity index (χ3v) is 3.04. The van der Waals surface area contributed by atoms with E-state index in [1.807, 2.05) is 0 Å². The number of hydrogen-bond donors (Lipinski definition) is 2. The molecule has 0 aliphatic heterocycles. The first-order valence-electron chi connectivity index (χ1n) is 6.78. The fraction of sp³-hybridized carbons (Fsp3) is 0.500. The summed E-state index contributed by atoms with van der Waals surface area (Å²) in [6, 6.07) is 2.61. The predicted octanol–water partition coefficient (Wildman–Crippen LogP) is 1.56. The average Bonchev–Trinajstić information content (AvgIpc) is 2.50. The molecule has 0 heterocycles. The Morgan fingerprint density at radius 3 is 2.64 bits per heavy atom. The number of methoxy groups -OCH3 is 1. The van der Waals surface area contributed by atoms with E-state index in [0.717, 1.165) is 0 Å². The molecule has 0 saturated heterocycles. The Hall–Kier alpha value is -2.35. The Kier molecular flexibility index (Phi) is 6.58. The number of nitrogens with one attached hydrogen (secondary N) is 1. The molecule has 0 bridgehead atoms. The Morgan fingerprint density at radius 2 is 2.14 bits per heavy atom. The van der Waals surface area contributed by atoms with Gasteiger partial charge in [0, 0.05) is 13.5 Å². The zero-order valence-electron chi connectivity index (χ0n) is 12.8. The molecule has 0 saturated carbocycles. The summed E-state index contributed by atoms with van der Waals surface area (Å²) in [6.07, 6.45) is -0.238. The molecule has 0 aromatic heterocycles. The van der Waals surface area contributed by atoms with Gasteiger partial charge in [-0.25, -0.2) is 0 Å². The zero-order chi connectivity index (χ0) is 16.7. The molecule has 0 aliphatic carbocycles. The highest BCUT2D eigenvalue weighted by Gasteiger charge is 2.22. The second-order valence-corrected chi connectivity index (χ2v) is 4.62. The summed E-state index contributed by atoms with van der Waals surface area (Å²) in [5.41, 5.74) is -0.0864. The lowest BCUT2D eigenvalue weighted by molar-refractivity contribution is -0.386. The minimum Gasteiger partial charge on any atom is -0.493 e. The normalized spacial score (nSPS) is 11.6. The standard InChI is InChI=1S/C14H20N2O6/c1-9(17)10-7-12(21-3)13(8-11(10)16(19)20)22-6-4-5-14(18)15-2/h7-9,17H,4-6H2,1-3H3,(H,15,18). The smallest absolute Gasteiger partial charge is 0.279 e. The average molecular weight is 312 g/mol. The lowest BCUT2D eigenvalue weighted by atomic mass is 10.1. The minimum atomic E-state index is -1.00. The molecule has 22 heavy (non-hydrogen) atoms. The van der Waals surface area contributed by atoms with Crippen LogP contribution in [0, 0.1) is 10.1 Å². The van der Waals surface area contributed by atoms with E-state index in [2.05, 4.69) is 5.32 Å². The third kappa shape index (κ3) is 4.59. The second kappa shape index (κ2) is 8.18. The maximum Gasteiger partial charge on any atom is 0.279 e. The van der Waals surface area contributed by atoms with Crippen molar-refractivity contribution < 1.29 is 24.3 Å². The highest BCUT2D eigenvalue weighted by Crippen LogP contribution is 2.37. The second-order valence-electron chi connectivity index (χ2n) is 4.62. The molecule has 8 heteroatoms. The molecular formula is C14H20N2O6. The van der Waals surface area contributed by atoms with Gasteiger partial charge in [-0.15, -0.1) is 0 Å². The number of aliphatic hydroxyl groups is 1. The minimum absolute atomic E-state index is 0.106. The van der Waals surface area contributed by atoms with Gasteiger partial charge in [0.2, 0.25) is 5.91 Å². The molecule has 0 aliphatic rings. The van der Waals surface area contributed by atoms with E-state index in [0.29, 0.717) is 18.6 Å². The van der Waals surface area contributed by atoms with Crippen molar-refractivity contribution in [1.29, 1.82) is 0 Å². The van der Waals surface area contributed by atoms with Gasteiger partial charge in [-0.3, -0.25) is 14.9 Å². The molecule has 122 valence electrons. The first-order valence-corrected chi connectivity index (χ1v) is 6.78. The summed E-state index contributed by atoms with van der Waals surface area (Å²) in [5.74, 6) is 0.392. The first-order chi connectivity index (χ1) is 10.4. The number of rotatable bonds is 8. The van der Waals surface area contributed by atoms with E-state index in [1.165, 1.54) is 26.2 Å². The maximum atomic E-state index is 11.1. The largest absolute Gasteiger partial charge is 0.493 e. The Morgan fingerprint density at radius 1 is 1.45 bits per heavy atom. The van der Waals surface area contributed by atoms with Crippen LogP contribution < -0.4 is 14.8 Å². The van der Waals surface area contributed by atoms with Crippen LogP contribution in [0.25, 0.3) is 0 Å². The zero-order valence-corrected chi connectivity index (χ0v) is 12.8. The first kappa shape index (κ1) is 17.7. The Labute approximate surface area is 128 Å². The van der Waals surface area contributed by atoms with E-state index in [1.54, 1.807) is 7.05 Å². The van der Waals surface area contributed by atoms with Crippen molar-refractivity contribution >= 4 is 11.6 Å². The van der Waals surface area contributed by atoms with Crippen molar-refractivity contribution in [3.05, 3.63) is 27.8 Å². The monoisotopic (exact) mass is 312 g/mol. The molecule has 0 fully saturated rings. The van der Waals surface area contributed by atoms with Crippen molar-refractivity contribution in [2.45, 2.75) is 25.9 Å². The van der Waals surface area contributed by atoms with Gasteiger partial charge < -0.3 is 19.9 Å². The molecule has 1 aromatic rings. The van der Waals surface area contributed by atoms with E-state index < -0.39 is 11.0 Å². The van der Waals surface area contributed by atoms with E-state index in [-0.39, 0.29) is 29.5 Å². The summed E-state index contributed by atoms with van der Waals surface area (Å²) in [7, 11) is 2.95. The number of benzene rings is 1. The van der Waals surface area contributed by atoms with Crippen LogP contribution in [0.5, 0.6) is 11.5 Å². The third-order valence-electron chi connectivity index (χ3n) is 3.04. The van der Waals surface area contributed by atoms with Gasteiger partial charge in [-0.2, -0.15) is 0 Å². The van der Waals surface area contributed by atoms with Crippen LogP contribution in [-0.4, -0.2) is 36.7 Å². The van der Waals surface area contributed by atoms with E-state index >= 15 is 0 Å². The number of carbonyl (C=O) groups excluding carboxylic acids is 1. The summed E-state index contributed by atoms with van der Waals surface area (Å²) in [5, 5.41) is 23.2. The van der Waals surface area contributed by atoms with Crippen molar-refractivity contribution in [2.24, 2.45) is 0 Å². The van der Waals surface area contributed by atoms with Gasteiger partial charge in [0.05, 0.1) is 36.4 Å². The number of nitrogens with zero attached hydrogens (tertiary/aromatic N) is 1. The quantitative estimate of drug-likeness (QED) is 0.428. The van der Waals surface area contributed by atoms with Crippen LogP contribution in [0.2, 0.25) is 0 Å². The van der Waals surface area contributed by atoms with Crippen LogP contribution in [0.3, 0.4) is 0 Å². The van der Waals surface area contributed by atoms with Gasteiger partial charge in [-0.1, -0.05) is 0 Å². The fourth-order valence-corrected chi connectivity index (χ4v) is 1.87. The summed E-state index contributed by atoms with van der Waals surface area (Å²) in [4.78, 5) is 21.6. The number of nitro groups is 1. The van der Waals surface area contributed by atoms with Gasteiger partial charge in [-0.05, 0) is 19.4 Å². The molecule has 0 radical (unpaired) electrons. The van der Waals surface area contributed by atoms with Gasteiger partial charge in [0.1, 0.15) is 0 Å². The maximum absolute atomic E-state index is 11.1. The molecule has 8 nitrogen and oxygen atoms in total. The van der Waals surface area contributed by atoms with Crippen LogP contribution in [0.4, 0.5) is 5.69 Å². The highest BCUT2D eigenvalue weighted by molar-refractivity contribution is 5.75. The van der Waals surface area contributed by atoms with Crippen molar-refractivity contribution in [1.82, 2.24) is 5.32 Å². The number of hydrogen-bond acceptors (Lipinski definition) is 6. The van der Waals surface area contributed by atoms with Crippen LogP contribution >= 0.6 is 0 Å². The number of aliphatic hydroxyl groups excluding tert-OH is 1. The highest BCUT2D eigenvalue weighted by atomic mass is 16.6. The predicted molar refractivity (Wildman–Crippen MR) is 79.1 cm³/mol. The van der Waals surface area contributed by atoms with Crippen LogP contribution in [0.1, 0.15) is 31.4 Å². The van der Waals surface area contributed by atoms with Crippen LogP contribution in [-0.2, 0) is 4.79 Å². The number of ether oxygens (including phenoxy) is 2. The van der Waals surface area contributed by atoms with Crippen molar-refractivity contribution in [3.63, 3.8) is 0 Å². The Bertz CT molecular complexity index is 544.